The van der Waals surface area contributed by atoms with E-state index in [2.05, 4.69) is 0 Å². The predicted octanol–water partition coefficient (Wildman–Crippen LogP) is 2.39. The Bertz CT molecular complexity index is 455. The molecule has 0 radical (unpaired) electrons. The van der Waals surface area contributed by atoms with Crippen molar-refractivity contribution in [2.45, 2.75) is 44.6 Å². The molecule has 0 aromatic heterocycles. The van der Waals surface area contributed by atoms with Crippen LogP contribution >= 0.6 is 0 Å². The lowest BCUT2D eigenvalue weighted by atomic mass is 10.1. The Kier molecular flexibility index (Phi) is 6.05. The highest BCUT2D eigenvalue weighted by Crippen LogP contribution is 2.25. The van der Waals surface area contributed by atoms with Gasteiger partial charge in [0, 0.05) is 19.0 Å². The van der Waals surface area contributed by atoms with Gasteiger partial charge in [0.05, 0.1) is 13.7 Å². The molecule has 0 atom stereocenters. The van der Waals surface area contributed by atoms with Gasteiger partial charge in [-0.15, -0.1) is 0 Å². The third-order valence-corrected chi connectivity index (χ3v) is 4.23. The van der Waals surface area contributed by atoms with Crippen LogP contribution in [-0.4, -0.2) is 42.2 Å². The Morgan fingerprint density at radius 3 is 2.71 bits per heavy atom. The molecule has 1 amide bonds. The van der Waals surface area contributed by atoms with Crippen molar-refractivity contribution >= 4 is 5.91 Å². The summed E-state index contributed by atoms with van der Waals surface area (Å²) in [5.41, 5.74) is 1.06. The van der Waals surface area contributed by atoms with Gasteiger partial charge in [-0.05, 0) is 30.9 Å². The van der Waals surface area contributed by atoms with Gasteiger partial charge in [-0.1, -0.05) is 31.0 Å². The number of hydrogen-bond acceptors (Lipinski definition) is 3. The number of hydrogen-bond donors (Lipinski definition) is 1. The number of rotatable bonds is 7. The topological polar surface area (TPSA) is 49.8 Å². The fourth-order valence-corrected chi connectivity index (χ4v) is 3.13. The number of carbonyl (C=O) groups excluding carboxylic acids is 1. The van der Waals surface area contributed by atoms with Crippen molar-refractivity contribution in [1.29, 1.82) is 0 Å². The van der Waals surface area contributed by atoms with E-state index >= 15 is 0 Å². The lowest BCUT2D eigenvalue weighted by Crippen LogP contribution is -2.40. The van der Waals surface area contributed by atoms with Gasteiger partial charge in [0.15, 0.2) is 0 Å². The normalized spacial score (nSPS) is 15.1. The van der Waals surface area contributed by atoms with Crippen LogP contribution in [0.2, 0.25) is 0 Å². The molecule has 2 rings (SSSR count). The average Bonchev–Trinajstić information content (AvgIpc) is 3.04. The minimum Gasteiger partial charge on any atom is -0.496 e. The Balaban J connectivity index is 1.95. The summed E-state index contributed by atoms with van der Waals surface area (Å²) in [4.78, 5) is 14.3. The molecule has 0 spiro atoms. The Labute approximate surface area is 126 Å². The lowest BCUT2D eigenvalue weighted by Gasteiger charge is -2.28. The molecule has 0 aliphatic heterocycles. The van der Waals surface area contributed by atoms with E-state index < -0.39 is 0 Å². The van der Waals surface area contributed by atoms with Crippen LogP contribution in [0.1, 0.15) is 37.7 Å². The minimum absolute atomic E-state index is 0.0386. The van der Waals surface area contributed by atoms with Gasteiger partial charge in [0.2, 0.25) is 5.91 Å². The maximum Gasteiger partial charge on any atom is 0.223 e. The predicted molar refractivity (Wildman–Crippen MR) is 82.4 cm³/mol. The summed E-state index contributed by atoms with van der Waals surface area (Å²) in [5, 5.41) is 9.20. The van der Waals surface area contributed by atoms with Crippen molar-refractivity contribution in [2.75, 3.05) is 20.3 Å². The Morgan fingerprint density at radius 1 is 1.33 bits per heavy atom. The molecule has 4 heteroatoms. The fourth-order valence-electron chi connectivity index (χ4n) is 3.13. The van der Waals surface area contributed by atoms with Crippen molar-refractivity contribution in [3.05, 3.63) is 29.8 Å². The van der Waals surface area contributed by atoms with E-state index in [0.29, 0.717) is 25.4 Å². The van der Waals surface area contributed by atoms with E-state index in [9.17, 15) is 9.90 Å². The zero-order chi connectivity index (χ0) is 15.1. The first kappa shape index (κ1) is 15.8. The van der Waals surface area contributed by atoms with E-state index in [4.69, 9.17) is 4.74 Å². The molecule has 1 N–H and O–H groups in total. The van der Waals surface area contributed by atoms with Gasteiger partial charge in [0.1, 0.15) is 5.75 Å². The van der Waals surface area contributed by atoms with Crippen molar-refractivity contribution in [2.24, 2.45) is 0 Å². The van der Waals surface area contributed by atoms with E-state index in [0.717, 1.165) is 24.2 Å². The molecule has 1 saturated carbocycles. The van der Waals surface area contributed by atoms with Crippen molar-refractivity contribution in [1.82, 2.24) is 4.90 Å². The first-order chi connectivity index (χ1) is 10.3. The molecule has 1 aliphatic carbocycles. The molecular weight excluding hydrogens is 266 g/mol. The summed E-state index contributed by atoms with van der Waals surface area (Å²) < 4.78 is 5.32. The quantitative estimate of drug-likeness (QED) is 0.839. The SMILES string of the molecule is COc1ccccc1CCC(=O)N(CCO)C1CCCC1. The maximum absolute atomic E-state index is 12.5. The zero-order valence-corrected chi connectivity index (χ0v) is 12.8. The number of carbonyl (C=O) groups is 1. The Hall–Kier alpha value is -1.55. The molecule has 0 heterocycles. The molecule has 0 saturated heterocycles. The van der Waals surface area contributed by atoms with Gasteiger partial charge >= 0.3 is 0 Å². The third-order valence-electron chi connectivity index (χ3n) is 4.23. The summed E-state index contributed by atoms with van der Waals surface area (Å²) in [5.74, 6) is 0.974. The smallest absolute Gasteiger partial charge is 0.223 e. The van der Waals surface area contributed by atoms with E-state index in [1.165, 1.54) is 12.8 Å². The van der Waals surface area contributed by atoms with Crippen LogP contribution in [0.25, 0.3) is 0 Å². The standard InChI is InChI=1S/C17H25NO3/c1-21-16-9-5-2-6-14(16)10-11-17(20)18(12-13-19)15-7-3-4-8-15/h2,5-6,9,15,19H,3-4,7-8,10-13H2,1H3. The lowest BCUT2D eigenvalue weighted by molar-refractivity contribution is -0.134. The van der Waals surface area contributed by atoms with Crippen LogP contribution in [0.15, 0.2) is 24.3 Å². The van der Waals surface area contributed by atoms with Gasteiger partial charge in [-0.2, -0.15) is 0 Å². The van der Waals surface area contributed by atoms with Crippen molar-refractivity contribution in [3.63, 3.8) is 0 Å². The van der Waals surface area contributed by atoms with Gasteiger partial charge < -0.3 is 14.7 Å². The van der Waals surface area contributed by atoms with Crippen molar-refractivity contribution < 1.29 is 14.6 Å². The Morgan fingerprint density at radius 2 is 2.05 bits per heavy atom. The highest BCUT2D eigenvalue weighted by Gasteiger charge is 2.25. The summed E-state index contributed by atoms with van der Waals surface area (Å²) in [6.07, 6.45) is 5.66. The summed E-state index contributed by atoms with van der Waals surface area (Å²) in [6, 6.07) is 8.13. The van der Waals surface area contributed by atoms with Crippen LogP contribution in [0.4, 0.5) is 0 Å². The molecule has 21 heavy (non-hydrogen) atoms. The van der Waals surface area contributed by atoms with E-state index in [1.54, 1.807) is 7.11 Å². The zero-order valence-electron chi connectivity index (χ0n) is 12.8. The minimum atomic E-state index is 0.0386. The largest absolute Gasteiger partial charge is 0.496 e. The summed E-state index contributed by atoms with van der Waals surface area (Å²) in [7, 11) is 1.65. The highest BCUT2D eigenvalue weighted by atomic mass is 16.5. The molecule has 4 nitrogen and oxygen atoms in total. The molecule has 0 unspecified atom stereocenters. The number of para-hydroxylation sites is 1. The number of amides is 1. The van der Waals surface area contributed by atoms with Gasteiger partial charge in [-0.3, -0.25) is 4.79 Å². The van der Waals surface area contributed by atoms with Crippen LogP contribution in [0, 0.1) is 0 Å². The molecule has 116 valence electrons. The van der Waals surface area contributed by atoms with Gasteiger partial charge in [-0.25, -0.2) is 0 Å². The highest BCUT2D eigenvalue weighted by molar-refractivity contribution is 5.77. The molecule has 1 aliphatic rings. The van der Waals surface area contributed by atoms with Crippen LogP contribution < -0.4 is 4.74 Å². The van der Waals surface area contributed by atoms with Gasteiger partial charge in [0.25, 0.3) is 0 Å². The second-order valence-corrected chi connectivity index (χ2v) is 5.56. The average molecular weight is 291 g/mol. The molecular formula is C17H25NO3. The first-order valence-electron chi connectivity index (χ1n) is 7.78. The molecule has 0 bridgehead atoms. The number of ether oxygens (including phenoxy) is 1. The maximum atomic E-state index is 12.5. The molecule has 1 aromatic rings. The summed E-state index contributed by atoms with van der Waals surface area (Å²) in [6.45, 7) is 0.492. The molecule has 1 fully saturated rings. The van der Waals surface area contributed by atoms with Crippen LogP contribution in [0.5, 0.6) is 5.75 Å². The number of benzene rings is 1. The number of nitrogens with zero attached hydrogens (tertiary/aromatic N) is 1. The first-order valence-corrected chi connectivity index (χ1v) is 7.78. The molecule has 1 aromatic carbocycles. The second kappa shape index (κ2) is 8.03. The number of methoxy groups -OCH3 is 1. The number of aliphatic hydroxyl groups is 1. The number of aliphatic hydroxyl groups excluding tert-OH is 1. The summed E-state index contributed by atoms with van der Waals surface area (Å²) >= 11 is 0. The second-order valence-electron chi connectivity index (χ2n) is 5.56. The van der Waals surface area contributed by atoms with E-state index in [1.807, 2.05) is 29.2 Å². The van der Waals surface area contributed by atoms with Crippen LogP contribution in [-0.2, 0) is 11.2 Å². The monoisotopic (exact) mass is 291 g/mol. The van der Waals surface area contributed by atoms with Crippen LogP contribution in [0.3, 0.4) is 0 Å². The third kappa shape index (κ3) is 4.21. The fraction of sp³-hybridized carbons (Fsp3) is 0.588. The van der Waals surface area contributed by atoms with Crippen molar-refractivity contribution in [3.8, 4) is 5.75 Å². The number of aryl methyl sites for hydroxylation is 1. The van der Waals surface area contributed by atoms with E-state index in [-0.39, 0.29) is 12.5 Å².